The number of hydrogen-bond acceptors (Lipinski definition) is 19. The molecule has 0 fully saturated rings. The third kappa shape index (κ3) is 15.1. The summed E-state index contributed by atoms with van der Waals surface area (Å²) in [7, 11) is 19.6. The lowest BCUT2D eigenvalue weighted by Crippen LogP contribution is -2.27. The predicted molar refractivity (Wildman–Crippen MR) is 330 cm³/mol. The highest BCUT2D eigenvalue weighted by atomic mass is 35.5. The first-order valence-corrected chi connectivity index (χ1v) is 27.6. The van der Waals surface area contributed by atoms with Crippen LogP contribution in [0.5, 0.6) is 17.2 Å². The zero-order valence-corrected chi connectivity index (χ0v) is 50.1. The van der Waals surface area contributed by atoms with Crippen molar-refractivity contribution < 1.29 is 44.1 Å². The average Bonchev–Trinajstić information content (AvgIpc) is 1.70. The molecule has 0 unspecified atom stereocenters. The average molecular weight is 1170 g/mol. The number of phenolic OH excluding ortho intramolecular Hbond substituents is 3. The maximum atomic E-state index is 13.4. The third-order valence-corrected chi connectivity index (χ3v) is 14.1. The van der Waals surface area contributed by atoms with Crippen LogP contribution in [0.15, 0.2) is 91.0 Å². The highest BCUT2D eigenvalue weighted by Crippen LogP contribution is 2.43. The molecule has 9 N–H and O–H groups in total. The van der Waals surface area contributed by atoms with Gasteiger partial charge in [0.25, 0.3) is 0 Å². The molecule has 21 heteroatoms. The van der Waals surface area contributed by atoms with Gasteiger partial charge in [0, 0.05) is 105 Å². The van der Waals surface area contributed by atoms with Crippen molar-refractivity contribution in [3.63, 3.8) is 0 Å². The SMILES string of the molecule is CN(C)CCN.CN(C)CCNc1ccc(O)c2c1C(=O)c1c(O)ccc(NCCN(C)C)c1C2=O.CN(C)CCNc1cccc2c1C(=O)c1c(O)ccc(NCCN(C)C)c1C2=O.O=C1c2cccc(Cl)c2C(=O)c2cccc(Cl)c21. The first-order chi connectivity index (χ1) is 39.4. The number of ketones is 6. The van der Waals surface area contributed by atoms with Gasteiger partial charge in [0.2, 0.25) is 11.6 Å². The van der Waals surface area contributed by atoms with Crippen LogP contribution in [0, 0.1) is 0 Å². The van der Waals surface area contributed by atoms with Gasteiger partial charge in [0.1, 0.15) is 17.2 Å². The Morgan fingerprint density at radius 3 is 0.904 bits per heavy atom. The molecule has 0 aliphatic heterocycles. The molecule has 6 aromatic rings. The summed E-state index contributed by atoms with van der Waals surface area (Å²) in [6.45, 7) is 7.10. The normalized spacial score (nSPS) is 12.7. The quantitative estimate of drug-likeness (QED) is 0.0395. The molecule has 440 valence electrons. The van der Waals surface area contributed by atoms with Gasteiger partial charge in [-0.1, -0.05) is 59.6 Å². The van der Waals surface area contributed by atoms with Gasteiger partial charge in [-0.2, -0.15) is 0 Å². The second-order valence-electron chi connectivity index (χ2n) is 21.2. The Kier molecular flexibility index (Phi) is 22.5. The zero-order chi connectivity index (χ0) is 61.0. The Bertz CT molecular complexity index is 3280. The van der Waals surface area contributed by atoms with Crippen LogP contribution in [-0.2, 0) is 0 Å². The van der Waals surface area contributed by atoms with E-state index in [0.717, 1.165) is 39.3 Å². The molecular weight excluding hydrogens is 1100 g/mol. The number of nitrogens with one attached hydrogen (secondary N) is 4. The number of nitrogens with zero attached hydrogens (tertiary/aromatic N) is 5. The fourth-order valence-electron chi connectivity index (χ4n) is 9.33. The second kappa shape index (κ2) is 29.0. The standard InChI is InChI=1S/C22H28N4O4.C22H28N4O3.C14H6Cl2O2.C4H12N2/c1-25(2)11-9-23-13-5-7-15(27)19-17(13)21(29)20-16(28)8-6-14(18(20)22(19)30)24-10-12-26(3)4;1-25(2)12-10-23-15-7-5-6-14-18(15)22(29)20-17(27)9-8-16(19(20)21(14)28)24-11-13-26(3)4;15-9-5-1-3-7-11(9)14(18)8-4-2-6-10(16)12(8)13(7)17;1-6(2)4-3-5/h5-8,23-24,27-28H,9-12H2,1-4H3;5-9,23-24,27H,10-13H2,1-4H3;1-6H;3-5H2,1-2H3. The van der Waals surface area contributed by atoms with E-state index in [4.69, 9.17) is 28.9 Å². The van der Waals surface area contributed by atoms with Crippen LogP contribution in [0.2, 0.25) is 10.0 Å². The van der Waals surface area contributed by atoms with Crippen molar-refractivity contribution in [2.24, 2.45) is 5.73 Å². The smallest absolute Gasteiger partial charge is 0.200 e. The first kappa shape index (κ1) is 64.4. The number of halogens is 2. The molecule has 9 rings (SSSR count). The molecule has 0 radical (unpaired) electrons. The molecule has 0 aromatic heterocycles. The number of anilines is 4. The van der Waals surface area contributed by atoms with E-state index in [1.807, 2.05) is 90.1 Å². The monoisotopic (exact) mass is 1170 g/mol. The molecule has 6 aromatic carbocycles. The minimum Gasteiger partial charge on any atom is -0.507 e. The Morgan fingerprint density at radius 2 is 0.602 bits per heavy atom. The number of hydrogen-bond donors (Lipinski definition) is 8. The number of carbonyl (C=O) groups is 6. The summed E-state index contributed by atoms with van der Waals surface area (Å²) in [5, 5.41) is 44.6. The molecular formula is C62H74Cl2N10O9. The molecule has 0 bridgehead atoms. The van der Waals surface area contributed by atoms with E-state index in [1.165, 1.54) is 18.2 Å². The highest BCUT2D eigenvalue weighted by Gasteiger charge is 2.39. The fraction of sp³-hybridized carbons (Fsp3) is 0.323. The van der Waals surface area contributed by atoms with E-state index < -0.39 is 11.6 Å². The van der Waals surface area contributed by atoms with Gasteiger partial charge in [-0.3, -0.25) is 28.8 Å². The zero-order valence-electron chi connectivity index (χ0n) is 48.6. The summed E-state index contributed by atoms with van der Waals surface area (Å²) in [5.41, 5.74) is 9.53. The minimum absolute atomic E-state index is 0.0383. The molecule has 3 aliphatic carbocycles. The number of phenols is 3. The number of rotatable bonds is 18. The molecule has 3 aliphatic rings. The van der Waals surface area contributed by atoms with Crippen LogP contribution in [-0.4, -0.2) is 210 Å². The molecule has 0 heterocycles. The molecule has 0 amide bonds. The van der Waals surface area contributed by atoms with Gasteiger partial charge in [0.05, 0.1) is 60.1 Å². The Balaban J connectivity index is 0.000000195. The Hall–Kier alpha value is -7.72. The Morgan fingerprint density at radius 1 is 0.337 bits per heavy atom. The Labute approximate surface area is 495 Å². The molecule has 0 saturated carbocycles. The van der Waals surface area contributed by atoms with Crippen molar-refractivity contribution in [2.45, 2.75) is 0 Å². The number of nitrogens with two attached hydrogens (primary N) is 1. The van der Waals surface area contributed by atoms with Crippen LogP contribution >= 0.6 is 23.2 Å². The van der Waals surface area contributed by atoms with Gasteiger partial charge >= 0.3 is 0 Å². The van der Waals surface area contributed by atoms with Crippen molar-refractivity contribution in [3.8, 4) is 17.2 Å². The lowest BCUT2D eigenvalue weighted by Gasteiger charge is -2.25. The predicted octanol–water partition coefficient (Wildman–Crippen LogP) is 7.21. The van der Waals surface area contributed by atoms with Crippen LogP contribution in [0.1, 0.15) is 95.5 Å². The first-order valence-electron chi connectivity index (χ1n) is 26.9. The van der Waals surface area contributed by atoms with Gasteiger partial charge in [-0.25, -0.2) is 0 Å². The van der Waals surface area contributed by atoms with E-state index >= 15 is 0 Å². The van der Waals surface area contributed by atoms with Crippen molar-refractivity contribution in [3.05, 3.63) is 168 Å². The van der Waals surface area contributed by atoms with E-state index in [9.17, 15) is 44.1 Å². The van der Waals surface area contributed by atoms with Gasteiger partial charge in [0.15, 0.2) is 23.1 Å². The summed E-state index contributed by atoms with van der Waals surface area (Å²) in [5.74, 6) is -2.77. The fourth-order valence-corrected chi connectivity index (χ4v) is 9.85. The number of aromatic hydroxyl groups is 3. The van der Waals surface area contributed by atoms with E-state index in [-0.39, 0.29) is 94.9 Å². The molecule has 0 atom stereocenters. The van der Waals surface area contributed by atoms with Crippen LogP contribution in [0.3, 0.4) is 0 Å². The van der Waals surface area contributed by atoms with Crippen molar-refractivity contribution >= 4 is 80.7 Å². The van der Waals surface area contributed by atoms with Gasteiger partial charge in [-0.15, -0.1) is 0 Å². The summed E-state index contributed by atoms with van der Waals surface area (Å²) < 4.78 is 0. The summed E-state index contributed by atoms with van der Waals surface area (Å²) >= 11 is 12.0. The van der Waals surface area contributed by atoms with Gasteiger partial charge in [-0.05, 0) is 125 Å². The maximum absolute atomic E-state index is 13.4. The van der Waals surface area contributed by atoms with Crippen LogP contribution < -0.4 is 27.0 Å². The van der Waals surface area contributed by atoms with Gasteiger partial charge < -0.3 is 66.8 Å². The molecule has 19 nitrogen and oxygen atoms in total. The topological polar surface area (TPSA) is 253 Å². The van der Waals surface area contributed by atoms with Crippen molar-refractivity contribution in [2.75, 3.05) is 157 Å². The van der Waals surface area contributed by atoms with Crippen molar-refractivity contribution in [1.82, 2.24) is 24.5 Å². The van der Waals surface area contributed by atoms with E-state index in [2.05, 4.69) is 26.2 Å². The summed E-state index contributed by atoms with van der Waals surface area (Å²) in [4.78, 5) is 88.1. The molecule has 0 spiro atoms. The summed E-state index contributed by atoms with van der Waals surface area (Å²) in [6, 6.07) is 24.0. The second-order valence-corrected chi connectivity index (χ2v) is 22.0. The lowest BCUT2D eigenvalue weighted by atomic mass is 9.81. The number of carbonyl (C=O) groups excluding carboxylic acids is 6. The molecule has 83 heavy (non-hydrogen) atoms. The number of likely N-dealkylation sites (N-methyl/N-ethyl adjacent to an activating group) is 5. The number of benzene rings is 6. The summed E-state index contributed by atoms with van der Waals surface area (Å²) in [6.07, 6.45) is 0. The maximum Gasteiger partial charge on any atom is 0.200 e. The lowest BCUT2D eigenvalue weighted by molar-refractivity contribution is 0.0975. The largest absolute Gasteiger partial charge is 0.507 e. The van der Waals surface area contributed by atoms with Crippen LogP contribution in [0.4, 0.5) is 22.7 Å². The third-order valence-electron chi connectivity index (χ3n) is 13.5. The van der Waals surface area contributed by atoms with E-state index in [0.29, 0.717) is 71.2 Å². The minimum atomic E-state index is -0.489. The van der Waals surface area contributed by atoms with Crippen molar-refractivity contribution in [1.29, 1.82) is 0 Å². The molecule has 0 saturated heterocycles. The number of fused-ring (bicyclic) bond motifs is 6. The highest BCUT2D eigenvalue weighted by molar-refractivity contribution is 6.42. The van der Waals surface area contributed by atoms with E-state index in [1.54, 1.807) is 72.8 Å². The van der Waals surface area contributed by atoms with Crippen LogP contribution in [0.25, 0.3) is 0 Å².